The zero-order valence-corrected chi connectivity index (χ0v) is 18.7. The monoisotopic (exact) mass is 411 g/mol. The lowest BCUT2D eigenvalue weighted by atomic mass is 9.50. The van der Waals surface area contributed by atoms with Crippen LogP contribution in [-0.2, 0) is 0 Å². The summed E-state index contributed by atoms with van der Waals surface area (Å²) < 4.78 is 0. The van der Waals surface area contributed by atoms with Crippen molar-refractivity contribution >= 4 is 23.2 Å². The van der Waals surface area contributed by atoms with E-state index in [1.807, 2.05) is 0 Å². The standard InChI is InChI=1S/C29H32P/c1-4-10-26(11-5-1)30(27-12-6-2-7-13-27,28-14-8-3-9-15-28)22-29-19-23-16-24(20-29)18-25(17-23)21-29/h1-15,23-25H,16-22H2/q+1. The van der Waals surface area contributed by atoms with Crippen molar-refractivity contribution in [3.05, 3.63) is 91.0 Å². The summed E-state index contributed by atoms with van der Waals surface area (Å²) in [6.45, 7) is 0. The van der Waals surface area contributed by atoms with E-state index in [0.717, 1.165) is 17.8 Å². The Hall–Kier alpha value is -1.91. The van der Waals surface area contributed by atoms with Gasteiger partial charge in [0, 0.05) is 5.41 Å². The van der Waals surface area contributed by atoms with Crippen LogP contribution >= 0.6 is 7.26 Å². The fraction of sp³-hybridized carbons (Fsp3) is 0.379. The molecule has 0 spiro atoms. The van der Waals surface area contributed by atoms with Gasteiger partial charge in [-0.05, 0) is 92.7 Å². The molecule has 0 atom stereocenters. The summed E-state index contributed by atoms with van der Waals surface area (Å²) in [5, 5.41) is 4.70. The van der Waals surface area contributed by atoms with Gasteiger partial charge in [-0.3, -0.25) is 0 Å². The molecule has 0 nitrogen and oxygen atoms in total. The molecule has 4 aliphatic rings. The average Bonchev–Trinajstić information content (AvgIpc) is 2.78. The van der Waals surface area contributed by atoms with Crippen LogP contribution < -0.4 is 15.9 Å². The van der Waals surface area contributed by atoms with Gasteiger partial charge in [-0.2, -0.15) is 0 Å². The molecule has 0 radical (unpaired) electrons. The molecule has 4 bridgehead atoms. The fourth-order valence-corrected chi connectivity index (χ4v) is 12.6. The highest BCUT2D eigenvalue weighted by Gasteiger charge is 2.58. The molecule has 0 saturated heterocycles. The first kappa shape index (κ1) is 18.8. The highest BCUT2D eigenvalue weighted by molar-refractivity contribution is 7.95. The van der Waals surface area contributed by atoms with E-state index in [0.29, 0.717) is 5.41 Å². The molecule has 152 valence electrons. The quantitative estimate of drug-likeness (QED) is 0.439. The second kappa shape index (κ2) is 7.35. The Labute approximate surface area is 182 Å². The van der Waals surface area contributed by atoms with Crippen molar-refractivity contribution < 1.29 is 0 Å². The summed E-state index contributed by atoms with van der Waals surface area (Å²) in [6, 6.07) is 34.6. The van der Waals surface area contributed by atoms with Crippen LogP contribution in [0.3, 0.4) is 0 Å². The maximum atomic E-state index is 2.42. The Morgan fingerprint density at radius 3 is 1.20 bits per heavy atom. The molecule has 4 saturated carbocycles. The molecule has 0 aliphatic heterocycles. The van der Waals surface area contributed by atoms with Crippen LogP contribution in [0.5, 0.6) is 0 Å². The van der Waals surface area contributed by atoms with Crippen molar-refractivity contribution in [1.82, 2.24) is 0 Å². The van der Waals surface area contributed by atoms with Crippen LogP contribution in [0, 0.1) is 23.2 Å². The van der Waals surface area contributed by atoms with Crippen molar-refractivity contribution in [3.63, 3.8) is 0 Å². The van der Waals surface area contributed by atoms with E-state index in [-0.39, 0.29) is 0 Å². The third kappa shape index (κ3) is 3.07. The predicted octanol–water partition coefficient (Wildman–Crippen LogP) is 6.20. The number of hydrogen-bond donors (Lipinski definition) is 0. The second-order valence-corrected chi connectivity index (χ2v) is 13.9. The molecule has 1 heteroatoms. The zero-order valence-electron chi connectivity index (χ0n) is 17.8. The molecule has 0 N–H and O–H groups in total. The summed E-state index contributed by atoms with van der Waals surface area (Å²) in [4.78, 5) is 0. The molecule has 0 unspecified atom stereocenters. The van der Waals surface area contributed by atoms with Crippen LogP contribution in [0.2, 0.25) is 0 Å². The normalized spacial score (nSPS) is 29.8. The third-order valence-corrected chi connectivity index (χ3v) is 13.0. The van der Waals surface area contributed by atoms with Gasteiger partial charge in [0.2, 0.25) is 0 Å². The number of hydrogen-bond acceptors (Lipinski definition) is 0. The first-order valence-electron chi connectivity index (χ1n) is 11.8. The van der Waals surface area contributed by atoms with E-state index in [9.17, 15) is 0 Å². The SMILES string of the molecule is c1ccc([P+](CC23CC4CC(CC(C4)C2)C3)(c2ccccc2)c2ccccc2)cc1. The molecule has 0 heterocycles. The largest absolute Gasteiger partial charge is 0.112 e. The van der Waals surface area contributed by atoms with E-state index in [2.05, 4.69) is 91.0 Å². The molecule has 0 amide bonds. The Morgan fingerprint density at radius 2 is 0.867 bits per heavy atom. The van der Waals surface area contributed by atoms with Gasteiger partial charge in [0.1, 0.15) is 23.2 Å². The van der Waals surface area contributed by atoms with Crippen molar-refractivity contribution in [2.24, 2.45) is 23.2 Å². The third-order valence-electron chi connectivity index (χ3n) is 8.33. The van der Waals surface area contributed by atoms with Gasteiger partial charge in [-0.25, -0.2) is 0 Å². The minimum Gasteiger partial charge on any atom is -0.0620 e. The van der Waals surface area contributed by atoms with Crippen molar-refractivity contribution in [1.29, 1.82) is 0 Å². The molecule has 7 rings (SSSR count). The van der Waals surface area contributed by atoms with Crippen molar-refractivity contribution in [2.75, 3.05) is 6.16 Å². The molecule has 0 aromatic heterocycles. The molecular formula is C29H32P+. The van der Waals surface area contributed by atoms with Gasteiger partial charge in [-0.15, -0.1) is 0 Å². The molecule has 4 aliphatic carbocycles. The Kier molecular flexibility index (Phi) is 4.61. The lowest BCUT2D eigenvalue weighted by molar-refractivity contribution is -0.0387. The van der Waals surface area contributed by atoms with E-state index in [1.54, 1.807) is 15.9 Å². The minimum absolute atomic E-state index is 0.546. The number of rotatable bonds is 5. The highest BCUT2D eigenvalue weighted by Crippen LogP contribution is 2.68. The molecular weight excluding hydrogens is 379 g/mol. The summed E-state index contributed by atoms with van der Waals surface area (Å²) >= 11 is 0. The summed E-state index contributed by atoms with van der Waals surface area (Å²) in [5.74, 6) is 3.00. The molecule has 30 heavy (non-hydrogen) atoms. The molecule has 3 aromatic carbocycles. The van der Waals surface area contributed by atoms with Gasteiger partial charge in [0.05, 0.1) is 6.16 Å². The second-order valence-electron chi connectivity index (χ2n) is 10.4. The van der Waals surface area contributed by atoms with Gasteiger partial charge in [0.25, 0.3) is 0 Å². The first-order valence-corrected chi connectivity index (χ1v) is 13.8. The van der Waals surface area contributed by atoms with Crippen LogP contribution in [-0.4, -0.2) is 6.16 Å². The predicted molar refractivity (Wildman–Crippen MR) is 131 cm³/mol. The van der Waals surface area contributed by atoms with E-state index < -0.39 is 7.26 Å². The van der Waals surface area contributed by atoms with Gasteiger partial charge in [0.15, 0.2) is 0 Å². The van der Waals surface area contributed by atoms with Gasteiger partial charge < -0.3 is 0 Å². The average molecular weight is 412 g/mol. The van der Waals surface area contributed by atoms with E-state index in [1.165, 1.54) is 44.7 Å². The van der Waals surface area contributed by atoms with Crippen molar-refractivity contribution in [2.45, 2.75) is 38.5 Å². The maximum Gasteiger partial charge on any atom is 0.112 e. The van der Waals surface area contributed by atoms with Crippen LogP contribution in [0.15, 0.2) is 91.0 Å². The summed E-state index contributed by atoms with van der Waals surface area (Å²) in [6.07, 6.45) is 10.4. The highest BCUT2D eigenvalue weighted by atomic mass is 31.2. The fourth-order valence-electron chi connectivity index (χ4n) is 7.76. The molecule has 4 fully saturated rings. The van der Waals surface area contributed by atoms with Crippen molar-refractivity contribution in [3.8, 4) is 0 Å². The van der Waals surface area contributed by atoms with Gasteiger partial charge >= 0.3 is 0 Å². The number of benzene rings is 3. The zero-order chi connectivity index (χ0) is 20.0. The lowest BCUT2D eigenvalue weighted by Crippen LogP contribution is -2.50. The van der Waals surface area contributed by atoms with E-state index in [4.69, 9.17) is 0 Å². The molecule has 3 aromatic rings. The lowest BCUT2D eigenvalue weighted by Gasteiger charge is -2.57. The first-order chi connectivity index (χ1) is 14.8. The van der Waals surface area contributed by atoms with Crippen LogP contribution in [0.25, 0.3) is 0 Å². The Balaban J connectivity index is 1.56. The Morgan fingerprint density at radius 1 is 0.533 bits per heavy atom. The van der Waals surface area contributed by atoms with E-state index >= 15 is 0 Å². The van der Waals surface area contributed by atoms with Gasteiger partial charge in [-0.1, -0.05) is 54.6 Å². The van der Waals surface area contributed by atoms with Crippen LogP contribution in [0.4, 0.5) is 0 Å². The minimum atomic E-state index is -1.70. The smallest absolute Gasteiger partial charge is 0.0620 e. The van der Waals surface area contributed by atoms with Crippen LogP contribution in [0.1, 0.15) is 38.5 Å². The topological polar surface area (TPSA) is 0 Å². The maximum absolute atomic E-state index is 2.42. The Bertz CT molecular complexity index is 860. The summed E-state index contributed by atoms with van der Waals surface area (Å²) in [7, 11) is -1.70. The summed E-state index contributed by atoms with van der Waals surface area (Å²) in [5.41, 5.74) is 0.546.